The number of nitrogens with one attached hydrogen (secondary N) is 1. The molecule has 0 aromatic heterocycles. The van der Waals surface area contributed by atoms with E-state index in [4.69, 9.17) is 0 Å². The number of allylic oxidation sites excluding steroid dienone is 1. The Morgan fingerprint density at radius 2 is 2.06 bits per heavy atom. The maximum Gasteiger partial charge on any atom is 0.163 e. The maximum atomic E-state index is 12.7. The summed E-state index contributed by atoms with van der Waals surface area (Å²) in [5, 5.41) is 3.04. The Labute approximate surface area is 101 Å². The highest BCUT2D eigenvalue weighted by atomic mass is 19.1. The molecular formula is C14H16FNO. The van der Waals surface area contributed by atoms with E-state index >= 15 is 0 Å². The van der Waals surface area contributed by atoms with E-state index in [0.29, 0.717) is 0 Å². The standard InChI is InChI=1S/C14H16FNO/c1-10-3-2-4-11(14(10)17)9-16-13-7-5-12(15)6-8-13/h5-10,16H,2-4H2,1H3/b11-9-/t10-/m0/s1. The van der Waals surface area contributed by atoms with Crippen molar-refractivity contribution in [3.8, 4) is 0 Å². The van der Waals surface area contributed by atoms with Crippen LogP contribution in [0.15, 0.2) is 36.0 Å². The van der Waals surface area contributed by atoms with Gasteiger partial charge in [0.2, 0.25) is 0 Å². The number of hydrogen-bond donors (Lipinski definition) is 1. The second-order valence-corrected chi connectivity index (χ2v) is 4.48. The quantitative estimate of drug-likeness (QED) is 0.792. The van der Waals surface area contributed by atoms with Gasteiger partial charge < -0.3 is 5.32 Å². The first-order valence-electron chi connectivity index (χ1n) is 5.92. The summed E-state index contributed by atoms with van der Waals surface area (Å²) in [6.07, 6.45) is 4.62. The summed E-state index contributed by atoms with van der Waals surface area (Å²) in [7, 11) is 0. The number of rotatable bonds is 2. The van der Waals surface area contributed by atoms with Crippen LogP contribution in [0.2, 0.25) is 0 Å². The molecule has 0 radical (unpaired) electrons. The van der Waals surface area contributed by atoms with Gasteiger partial charge in [-0.05, 0) is 43.5 Å². The molecule has 1 aliphatic rings. The Hall–Kier alpha value is -1.64. The van der Waals surface area contributed by atoms with Gasteiger partial charge in [0.15, 0.2) is 5.78 Å². The number of carbonyl (C=O) groups is 1. The van der Waals surface area contributed by atoms with Crippen LogP contribution in [-0.4, -0.2) is 5.78 Å². The Bertz CT molecular complexity index is 436. The molecule has 1 aromatic carbocycles. The second kappa shape index (κ2) is 5.13. The molecule has 0 unspecified atom stereocenters. The van der Waals surface area contributed by atoms with E-state index < -0.39 is 0 Å². The van der Waals surface area contributed by atoms with Gasteiger partial charge in [0.25, 0.3) is 0 Å². The van der Waals surface area contributed by atoms with E-state index in [2.05, 4.69) is 5.32 Å². The van der Waals surface area contributed by atoms with Crippen LogP contribution in [0.3, 0.4) is 0 Å². The first-order valence-corrected chi connectivity index (χ1v) is 5.92. The molecule has 1 N–H and O–H groups in total. The van der Waals surface area contributed by atoms with Gasteiger partial charge in [-0.2, -0.15) is 0 Å². The highest BCUT2D eigenvalue weighted by Crippen LogP contribution is 2.24. The summed E-state index contributed by atoms with van der Waals surface area (Å²) in [5.41, 5.74) is 1.64. The zero-order valence-electron chi connectivity index (χ0n) is 9.87. The van der Waals surface area contributed by atoms with Crippen molar-refractivity contribution >= 4 is 11.5 Å². The Morgan fingerprint density at radius 1 is 1.35 bits per heavy atom. The third-order valence-corrected chi connectivity index (χ3v) is 3.10. The molecule has 0 bridgehead atoms. The lowest BCUT2D eigenvalue weighted by Crippen LogP contribution is -2.19. The molecule has 0 spiro atoms. The smallest absolute Gasteiger partial charge is 0.163 e. The SMILES string of the molecule is C[C@H]1CCC/C(=C/Nc2ccc(F)cc2)C1=O. The van der Waals surface area contributed by atoms with Crippen LogP contribution in [0.4, 0.5) is 10.1 Å². The van der Waals surface area contributed by atoms with Crippen molar-refractivity contribution in [3.63, 3.8) is 0 Å². The molecular weight excluding hydrogens is 217 g/mol. The Morgan fingerprint density at radius 3 is 2.76 bits per heavy atom. The zero-order chi connectivity index (χ0) is 12.3. The third-order valence-electron chi connectivity index (χ3n) is 3.10. The van der Waals surface area contributed by atoms with Crippen molar-refractivity contribution in [1.82, 2.24) is 0 Å². The molecule has 0 amide bonds. The maximum absolute atomic E-state index is 12.7. The largest absolute Gasteiger partial charge is 0.361 e. The van der Waals surface area contributed by atoms with E-state index in [9.17, 15) is 9.18 Å². The van der Waals surface area contributed by atoms with Crippen molar-refractivity contribution in [3.05, 3.63) is 41.9 Å². The molecule has 1 fully saturated rings. The van der Waals surface area contributed by atoms with Gasteiger partial charge in [-0.15, -0.1) is 0 Å². The third kappa shape index (κ3) is 2.93. The predicted molar refractivity (Wildman–Crippen MR) is 66.1 cm³/mol. The van der Waals surface area contributed by atoms with Crippen LogP contribution in [0.1, 0.15) is 26.2 Å². The van der Waals surface area contributed by atoms with Crippen LogP contribution >= 0.6 is 0 Å². The molecule has 1 saturated carbocycles. The van der Waals surface area contributed by atoms with Crippen LogP contribution in [-0.2, 0) is 4.79 Å². The average molecular weight is 233 g/mol. The lowest BCUT2D eigenvalue weighted by molar-refractivity contribution is -0.119. The van der Waals surface area contributed by atoms with Gasteiger partial charge >= 0.3 is 0 Å². The van der Waals surface area contributed by atoms with Gasteiger partial charge in [-0.25, -0.2) is 4.39 Å². The number of ketones is 1. The lowest BCUT2D eigenvalue weighted by Gasteiger charge is -2.19. The van der Waals surface area contributed by atoms with Gasteiger partial charge in [0, 0.05) is 23.4 Å². The van der Waals surface area contributed by atoms with E-state index in [1.54, 1.807) is 18.3 Å². The van der Waals surface area contributed by atoms with Crippen molar-refractivity contribution in [2.75, 3.05) is 5.32 Å². The van der Waals surface area contributed by atoms with Crippen molar-refractivity contribution < 1.29 is 9.18 Å². The summed E-state index contributed by atoms with van der Waals surface area (Å²) in [4.78, 5) is 11.8. The molecule has 2 rings (SSSR count). The van der Waals surface area contributed by atoms with Gasteiger partial charge in [0.1, 0.15) is 5.82 Å². The summed E-state index contributed by atoms with van der Waals surface area (Å²) in [6.45, 7) is 1.97. The number of halogens is 1. The van der Waals surface area contributed by atoms with Crippen molar-refractivity contribution in [2.45, 2.75) is 26.2 Å². The van der Waals surface area contributed by atoms with Crippen LogP contribution in [0.5, 0.6) is 0 Å². The molecule has 3 heteroatoms. The summed E-state index contributed by atoms with van der Waals surface area (Å²) in [6, 6.07) is 6.10. The summed E-state index contributed by atoms with van der Waals surface area (Å²) >= 11 is 0. The molecule has 0 aliphatic heterocycles. The van der Waals surface area contributed by atoms with Crippen LogP contribution in [0, 0.1) is 11.7 Å². The molecule has 1 aliphatic carbocycles. The lowest BCUT2D eigenvalue weighted by atomic mass is 9.86. The number of benzene rings is 1. The minimum absolute atomic E-state index is 0.130. The fraction of sp³-hybridized carbons (Fsp3) is 0.357. The normalized spacial score (nSPS) is 22.8. The monoisotopic (exact) mass is 233 g/mol. The van der Waals surface area contributed by atoms with Crippen LogP contribution in [0.25, 0.3) is 0 Å². The summed E-state index contributed by atoms with van der Waals surface area (Å²) < 4.78 is 12.7. The minimum atomic E-state index is -0.259. The fourth-order valence-corrected chi connectivity index (χ4v) is 2.03. The first kappa shape index (κ1) is 11.8. The van der Waals surface area contributed by atoms with Gasteiger partial charge in [-0.3, -0.25) is 4.79 Å². The number of anilines is 1. The fourth-order valence-electron chi connectivity index (χ4n) is 2.03. The van der Waals surface area contributed by atoms with E-state index in [1.165, 1.54) is 12.1 Å². The molecule has 17 heavy (non-hydrogen) atoms. The average Bonchev–Trinajstić information content (AvgIpc) is 2.33. The molecule has 0 saturated heterocycles. The second-order valence-electron chi connectivity index (χ2n) is 4.48. The molecule has 1 atom stereocenters. The number of Topliss-reactive ketones (excluding diaryl/α,β-unsaturated/α-hetero) is 1. The van der Waals surface area contributed by atoms with E-state index in [0.717, 1.165) is 30.5 Å². The highest BCUT2D eigenvalue weighted by Gasteiger charge is 2.22. The van der Waals surface area contributed by atoms with Crippen LogP contribution < -0.4 is 5.32 Å². The summed E-state index contributed by atoms with van der Waals surface area (Å²) in [5.74, 6) is 0.0986. The van der Waals surface area contributed by atoms with Crippen molar-refractivity contribution in [1.29, 1.82) is 0 Å². The number of hydrogen-bond acceptors (Lipinski definition) is 2. The Balaban J connectivity index is 2.04. The van der Waals surface area contributed by atoms with E-state index in [-0.39, 0.29) is 17.5 Å². The van der Waals surface area contributed by atoms with Gasteiger partial charge in [-0.1, -0.05) is 6.92 Å². The highest BCUT2D eigenvalue weighted by molar-refractivity contribution is 5.97. The minimum Gasteiger partial charge on any atom is -0.361 e. The number of carbonyl (C=O) groups excluding carboxylic acids is 1. The Kier molecular flexibility index (Phi) is 3.57. The first-order chi connectivity index (χ1) is 8.16. The predicted octanol–water partition coefficient (Wildman–Crippen LogP) is 3.51. The molecule has 1 aromatic rings. The molecule has 2 nitrogen and oxygen atoms in total. The topological polar surface area (TPSA) is 29.1 Å². The van der Waals surface area contributed by atoms with Gasteiger partial charge in [0.05, 0.1) is 0 Å². The zero-order valence-corrected chi connectivity index (χ0v) is 9.87. The van der Waals surface area contributed by atoms with E-state index in [1.807, 2.05) is 6.92 Å². The molecule has 0 heterocycles. The molecule has 90 valence electrons. The van der Waals surface area contributed by atoms with Crippen molar-refractivity contribution in [2.24, 2.45) is 5.92 Å².